The average Bonchev–Trinajstić information content (AvgIpc) is 2.94. The third kappa shape index (κ3) is 9.26. The lowest BCUT2D eigenvalue weighted by Gasteiger charge is -2.27. The van der Waals surface area contributed by atoms with Gasteiger partial charge >= 0.3 is 11.9 Å². The molecule has 11 nitrogen and oxygen atoms in total. The Labute approximate surface area is 237 Å². The van der Waals surface area contributed by atoms with Crippen molar-refractivity contribution >= 4 is 39.3 Å². The summed E-state index contributed by atoms with van der Waals surface area (Å²) in [6.07, 6.45) is -0.644. The smallest absolute Gasteiger partial charge is 0.323 e. The number of benzene rings is 3. The number of carbonyl (C=O) groups is 4. The lowest BCUT2D eigenvalue weighted by atomic mass is 10.0. The number of rotatable bonds is 14. The number of carboxylic acid groups (broad SMARTS) is 2. The Balaban J connectivity index is 1.91. The zero-order valence-corrected chi connectivity index (χ0v) is 22.9. The summed E-state index contributed by atoms with van der Waals surface area (Å²) in [5.41, 5.74) is 7.62. The molecule has 2 amide bonds. The van der Waals surface area contributed by atoms with Crippen LogP contribution in [0, 0.1) is 0 Å². The molecule has 1 unspecified atom stereocenters. The number of nitrogens with zero attached hydrogens (tertiary/aromatic N) is 1. The van der Waals surface area contributed by atoms with Crippen LogP contribution in [0.4, 0.5) is 5.69 Å². The fourth-order valence-electron chi connectivity index (χ4n) is 4.17. The molecule has 3 rings (SSSR count). The predicted molar refractivity (Wildman–Crippen MR) is 153 cm³/mol. The van der Waals surface area contributed by atoms with E-state index in [0.29, 0.717) is 11.1 Å². The number of para-hydroxylation sites is 1. The first-order valence-corrected chi connectivity index (χ1v) is 14.5. The number of nitrogens with one attached hydrogen (secondary N) is 1. The van der Waals surface area contributed by atoms with Gasteiger partial charge in [-0.25, -0.2) is 8.42 Å². The molecule has 41 heavy (non-hydrogen) atoms. The molecular weight excluding hydrogens is 550 g/mol. The molecule has 0 spiro atoms. The van der Waals surface area contributed by atoms with Crippen molar-refractivity contribution in [3.05, 3.63) is 90.5 Å². The summed E-state index contributed by atoms with van der Waals surface area (Å²) in [7, 11) is -4.07. The number of aliphatic carboxylic acids is 2. The molecule has 0 bridgehead atoms. The van der Waals surface area contributed by atoms with Crippen LogP contribution in [0.5, 0.6) is 0 Å². The summed E-state index contributed by atoms with van der Waals surface area (Å²) in [6.45, 7) is -0.782. The van der Waals surface area contributed by atoms with E-state index < -0.39 is 70.1 Å². The molecule has 12 heteroatoms. The predicted octanol–water partition coefficient (Wildman–Crippen LogP) is 2.06. The summed E-state index contributed by atoms with van der Waals surface area (Å²) in [6, 6.07) is 20.8. The van der Waals surface area contributed by atoms with Gasteiger partial charge < -0.3 is 21.3 Å². The van der Waals surface area contributed by atoms with Crippen LogP contribution >= 0.6 is 0 Å². The minimum absolute atomic E-state index is 0.193. The van der Waals surface area contributed by atoms with Gasteiger partial charge in [0, 0.05) is 12.1 Å². The highest BCUT2D eigenvalue weighted by atomic mass is 32.2. The number of amides is 2. The van der Waals surface area contributed by atoms with Crippen molar-refractivity contribution in [2.45, 2.75) is 30.7 Å². The highest BCUT2D eigenvalue weighted by molar-refractivity contribution is 7.90. The molecule has 2 atom stereocenters. The average molecular weight is 582 g/mol. The van der Waals surface area contributed by atoms with Crippen LogP contribution < -0.4 is 16.0 Å². The standard InChI is InChI=1S/C29H31N3O8S/c30-24(29(37)38)15-16-26(33)31-25(28(36)32(17-27(34)35)22-12-5-2-6-13-22)19-41(39,40)18-21-11-7-8-14-23(21)20-9-3-1-4-10-20/h1-14,24-25H,15-19,30H2,(H,31,33)(H,34,35)(H,37,38)/t24?,25-/m0/s1. The lowest BCUT2D eigenvalue weighted by molar-refractivity contribution is -0.139. The van der Waals surface area contributed by atoms with Crippen LogP contribution in [0.25, 0.3) is 11.1 Å². The van der Waals surface area contributed by atoms with Crippen molar-refractivity contribution in [3.8, 4) is 11.1 Å². The normalized spacial score (nSPS) is 12.6. The fourth-order valence-corrected chi connectivity index (χ4v) is 5.75. The first-order chi connectivity index (χ1) is 19.5. The molecule has 5 N–H and O–H groups in total. The number of nitrogens with two attached hydrogens (primary N) is 1. The Morgan fingerprint density at radius 3 is 2.05 bits per heavy atom. The van der Waals surface area contributed by atoms with Crippen LogP contribution in [0.2, 0.25) is 0 Å². The minimum atomic E-state index is -4.07. The molecule has 0 heterocycles. The summed E-state index contributed by atoms with van der Waals surface area (Å²) in [4.78, 5) is 49.9. The van der Waals surface area contributed by atoms with E-state index in [2.05, 4.69) is 5.32 Å². The second-order valence-corrected chi connectivity index (χ2v) is 11.4. The van der Waals surface area contributed by atoms with Gasteiger partial charge in [0.2, 0.25) is 5.91 Å². The van der Waals surface area contributed by atoms with E-state index >= 15 is 0 Å². The molecule has 216 valence electrons. The van der Waals surface area contributed by atoms with Gasteiger partial charge in [0.05, 0.1) is 11.5 Å². The number of hydrogen-bond donors (Lipinski definition) is 4. The number of carbonyl (C=O) groups excluding carboxylic acids is 2. The van der Waals surface area contributed by atoms with E-state index in [1.807, 2.05) is 30.3 Å². The lowest BCUT2D eigenvalue weighted by Crippen LogP contribution is -2.53. The second-order valence-electron chi connectivity index (χ2n) is 9.33. The molecule has 0 aliphatic carbocycles. The summed E-state index contributed by atoms with van der Waals surface area (Å²) < 4.78 is 27.0. The SMILES string of the molecule is NC(CCC(=O)N[C@@H](CS(=O)(=O)Cc1ccccc1-c1ccccc1)C(=O)N(CC(=O)O)c1ccccc1)C(=O)O. The number of carboxylic acids is 2. The van der Waals surface area contributed by atoms with E-state index in [4.69, 9.17) is 10.8 Å². The third-order valence-corrected chi connectivity index (χ3v) is 7.75. The van der Waals surface area contributed by atoms with Crippen molar-refractivity contribution in [3.63, 3.8) is 0 Å². The molecule has 0 saturated carbocycles. The van der Waals surface area contributed by atoms with E-state index in [1.54, 1.807) is 42.5 Å². The molecule has 0 aromatic heterocycles. The zero-order chi connectivity index (χ0) is 30.0. The van der Waals surface area contributed by atoms with E-state index in [1.165, 1.54) is 12.1 Å². The van der Waals surface area contributed by atoms with Crippen molar-refractivity contribution in [2.24, 2.45) is 5.73 Å². The Hall–Kier alpha value is -4.55. The second kappa shape index (κ2) is 14.2. The quantitative estimate of drug-likeness (QED) is 0.221. The minimum Gasteiger partial charge on any atom is -0.480 e. The number of anilines is 1. The maximum Gasteiger partial charge on any atom is 0.323 e. The molecule has 0 saturated heterocycles. The van der Waals surface area contributed by atoms with Crippen molar-refractivity contribution < 1.29 is 37.8 Å². The molecule has 0 fully saturated rings. The summed E-state index contributed by atoms with van der Waals surface area (Å²) in [5, 5.41) is 20.8. The molecule has 0 aliphatic heterocycles. The molecule has 3 aromatic rings. The molecule has 0 radical (unpaired) electrons. The first kappa shape index (κ1) is 31.0. The van der Waals surface area contributed by atoms with E-state index in [-0.39, 0.29) is 12.1 Å². The van der Waals surface area contributed by atoms with Gasteiger partial charge in [-0.15, -0.1) is 0 Å². The largest absolute Gasteiger partial charge is 0.480 e. The summed E-state index contributed by atoms with van der Waals surface area (Å²) in [5.74, 6) is -5.70. The maximum absolute atomic E-state index is 13.6. The molecule has 0 aliphatic rings. The van der Waals surface area contributed by atoms with Gasteiger partial charge in [0.1, 0.15) is 18.6 Å². The summed E-state index contributed by atoms with van der Waals surface area (Å²) >= 11 is 0. The van der Waals surface area contributed by atoms with E-state index in [0.717, 1.165) is 10.5 Å². The van der Waals surface area contributed by atoms with Crippen LogP contribution in [-0.4, -0.2) is 66.8 Å². The molecule has 3 aromatic carbocycles. The Morgan fingerprint density at radius 1 is 0.854 bits per heavy atom. The first-order valence-electron chi connectivity index (χ1n) is 12.7. The monoisotopic (exact) mass is 581 g/mol. The van der Waals surface area contributed by atoms with Gasteiger partial charge in [-0.05, 0) is 35.2 Å². The topological polar surface area (TPSA) is 184 Å². The van der Waals surface area contributed by atoms with Crippen LogP contribution in [0.1, 0.15) is 18.4 Å². The maximum atomic E-state index is 13.6. The zero-order valence-electron chi connectivity index (χ0n) is 22.0. The fraction of sp³-hybridized carbons (Fsp3) is 0.241. The Morgan fingerprint density at radius 2 is 1.44 bits per heavy atom. The molecular formula is C29H31N3O8S. The van der Waals surface area contributed by atoms with Crippen molar-refractivity contribution in [2.75, 3.05) is 17.2 Å². The van der Waals surface area contributed by atoms with Crippen molar-refractivity contribution in [1.29, 1.82) is 0 Å². The van der Waals surface area contributed by atoms with Gasteiger partial charge in [0.25, 0.3) is 5.91 Å². The third-order valence-electron chi connectivity index (χ3n) is 6.16. The highest BCUT2D eigenvalue weighted by Gasteiger charge is 2.33. The Bertz CT molecular complexity index is 1480. The number of hydrogen-bond acceptors (Lipinski definition) is 7. The Kier molecular flexibility index (Phi) is 10.7. The van der Waals surface area contributed by atoms with Crippen LogP contribution in [-0.2, 0) is 34.8 Å². The van der Waals surface area contributed by atoms with Crippen molar-refractivity contribution in [1.82, 2.24) is 5.32 Å². The van der Waals surface area contributed by atoms with Gasteiger partial charge in [-0.3, -0.25) is 24.1 Å². The highest BCUT2D eigenvalue weighted by Crippen LogP contribution is 2.25. The van der Waals surface area contributed by atoms with Crippen LogP contribution in [0.15, 0.2) is 84.9 Å². The van der Waals surface area contributed by atoms with E-state index in [9.17, 15) is 32.7 Å². The van der Waals surface area contributed by atoms with Crippen LogP contribution in [0.3, 0.4) is 0 Å². The van der Waals surface area contributed by atoms with Gasteiger partial charge in [-0.2, -0.15) is 0 Å². The van der Waals surface area contributed by atoms with Gasteiger partial charge in [0.15, 0.2) is 9.84 Å². The van der Waals surface area contributed by atoms with Gasteiger partial charge in [-0.1, -0.05) is 72.8 Å². The number of sulfone groups is 1.